The standard InChI is InChI=1S/C23H32N6O3/c1-4-26(12-5-11-24)15(2)16-10-13-27(14-16)19-9-8-18-20(21(19)32-3)28(17-6-7-17)23(31)29(25)22(18)30/h8-9,15-17H,4-7,10,12-14,25H2,1-3H3. The van der Waals surface area contributed by atoms with Crippen LogP contribution in [0.3, 0.4) is 0 Å². The third kappa shape index (κ3) is 3.73. The molecule has 1 saturated carbocycles. The minimum absolute atomic E-state index is 0.0501. The minimum atomic E-state index is -0.504. The van der Waals surface area contributed by atoms with Gasteiger partial charge in [-0.1, -0.05) is 6.92 Å². The average Bonchev–Trinajstić information content (AvgIpc) is 3.52. The molecule has 2 atom stereocenters. The van der Waals surface area contributed by atoms with E-state index in [0.29, 0.717) is 39.7 Å². The van der Waals surface area contributed by atoms with E-state index in [1.54, 1.807) is 17.7 Å². The van der Waals surface area contributed by atoms with Crippen LogP contribution in [0, 0.1) is 17.2 Å². The summed E-state index contributed by atoms with van der Waals surface area (Å²) < 4.78 is 8.16. The molecule has 2 aliphatic rings. The second-order valence-corrected chi connectivity index (χ2v) is 8.85. The van der Waals surface area contributed by atoms with Crippen molar-refractivity contribution in [3.05, 3.63) is 33.0 Å². The SMILES string of the molecule is CCN(CCC#N)C(C)C1CCN(c2ccc3c(=O)n(N)c(=O)n(C4CC4)c3c2OC)C1. The van der Waals surface area contributed by atoms with E-state index in [-0.39, 0.29) is 6.04 Å². The minimum Gasteiger partial charge on any atom is -0.492 e. The summed E-state index contributed by atoms with van der Waals surface area (Å²) in [4.78, 5) is 30.2. The highest BCUT2D eigenvalue weighted by Crippen LogP contribution is 2.42. The summed E-state index contributed by atoms with van der Waals surface area (Å²) in [6.07, 6.45) is 3.34. The largest absolute Gasteiger partial charge is 0.492 e. The number of anilines is 1. The molecule has 0 bridgehead atoms. The van der Waals surface area contributed by atoms with Crippen molar-refractivity contribution in [2.24, 2.45) is 5.92 Å². The Kier molecular flexibility index (Phi) is 6.15. The van der Waals surface area contributed by atoms with Gasteiger partial charge in [0.2, 0.25) is 0 Å². The zero-order valence-corrected chi connectivity index (χ0v) is 19.1. The van der Waals surface area contributed by atoms with Crippen LogP contribution in [0.15, 0.2) is 21.7 Å². The molecule has 0 radical (unpaired) electrons. The van der Waals surface area contributed by atoms with Crippen molar-refractivity contribution in [1.82, 2.24) is 14.1 Å². The number of methoxy groups -OCH3 is 1. The van der Waals surface area contributed by atoms with Crippen molar-refractivity contribution < 1.29 is 4.74 Å². The Morgan fingerprint density at radius 2 is 2.06 bits per heavy atom. The van der Waals surface area contributed by atoms with Crippen LogP contribution in [0.5, 0.6) is 5.75 Å². The molecule has 2 N–H and O–H groups in total. The highest BCUT2D eigenvalue weighted by Gasteiger charge is 2.34. The van der Waals surface area contributed by atoms with E-state index in [1.165, 1.54) is 0 Å². The van der Waals surface area contributed by atoms with Crippen molar-refractivity contribution >= 4 is 16.6 Å². The van der Waals surface area contributed by atoms with Crippen LogP contribution in [0.1, 0.15) is 45.6 Å². The second kappa shape index (κ2) is 8.87. The van der Waals surface area contributed by atoms with Gasteiger partial charge >= 0.3 is 5.69 Å². The number of benzene rings is 1. The number of nitrogens with two attached hydrogens (primary N) is 1. The van der Waals surface area contributed by atoms with Crippen LogP contribution in [-0.4, -0.2) is 53.5 Å². The third-order valence-electron chi connectivity index (χ3n) is 7.07. The summed E-state index contributed by atoms with van der Waals surface area (Å²) in [5, 5.41) is 9.36. The van der Waals surface area contributed by atoms with Crippen LogP contribution in [0.25, 0.3) is 10.9 Å². The van der Waals surface area contributed by atoms with Crippen molar-refractivity contribution in [1.29, 1.82) is 5.26 Å². The number of rotatable bonds is 8. The van der Waals surface area contributed by atoms with Crippen molar-refractivity contribution in [2.45, 2.75) is 51.6 Å². The summed E-state index contributed by atoms with van der Waals surface area (Å²) in [6, 6.07) is 6.33. The predicted octanol–water partition coefficient (Wildman–Crippen LogP) is 1.67. The molecule has 2 fully saturated rings. The number of nitrogen functional groups attached to an aromatic ring is 1. The van der Waals surface area contributed by atoms with E-state index < -0.39 is 11.2 Å². The van der Waals surface area contributed by atoms with Crippen LogP contribution in [0.2, 0.25) is 0 Å². The van der Waals surface area contributed by atoms with Gasteiger partial charge < -0.3 is 15.5 Å². The molecule has 172 valence electrons. The second-order valence-electron chi connectivity index (χ2n) is 8.85. The van der Waals surface area contributed by atoms with Crippen molar-refractivity contribution in [3.63, 3.8) is 0 Å². The smallest absolute Gasteiger partial charge is 0.350 e. The average molecular weight is 441 g/mol. The maximum atomic E-state index is 12.8. The first-order chi connectivity index (χ1) is 15.4. The molecule has 1 aromatic carbocycles. The molecule has 2 aromatic rings. The number of hydrogen-bond donors (Lipinski definition) is 1. The zero-order valence-electron chi connectivity index (χ0n) is 19.1. The van der Waals surface area contributed by atoms with Gasteiger partial charge in [0, 0.05) is 38.1 Å². The molecule has 9 heteroatoms. The predicted molar refractivity (Wildman–Crippen MR) is 125 cm³/mol. The molecule has 1 aliphatic carbocycles. The lowest BCUT2D eigenvalue weighted by Crippen LogP contribution is -2.44. The molecule has 1 saturated heterocycles. The Morgan fingerprint density at radius 1 is 1.31 bits per heavy atom. The Morgan fingerprint density at radius 3 is 2.69 bits per heavy atom. The number of nitriles is 1. The Labute approximate surface area is 187 Å². The van der Waals surface area contributed by atoms with Gasteiger partial charge in [0.1, 0.15) is 5.52 Å². The summed E-state index contributed by atoms with van der Waals surface area (Å²) >= 11 is 0. The van der Waals surface area contributed by atoms with Crippen LogP contribution < -0.4 is 26.7 Å². The van der Waals surface area contributed by atoms with E-state index in [1.807, 2.05) is 6.07 Å². The van der Waals surface area contributed by atoms with E-state index in [9.17, 15) is 9.59 Å². The van der Waals surface area contributed by atoms with E-state index in [4.69, 9.17) is 15.8 Å². The van der Waals surface area contributed by atoms with Crippen molar-refractivity contribution in [2.75, 3.05) is 44.0 Å². The normalized spacial score (nSPS) is 19.5. The lowest BCUT2D eigenvalue weighted by Gasteiger charge is -2.32. The number of ether oxygens (including phenoxy) is 1. The number of hydrogen-bond acceptors (Lipinski definition) is 7. The number of aromatic nitrogens is 2. The molecule has 32 heavy (non-hydrogen) atoms. The molecular weight excluding hydrogens is 408 g/mol. The summed E-state index contributed by atoms with van der Waals surface area (Å²) in [5.74, 6) is 6.81. The molecule has 2 heterocycles. The number of nitrogens with zero attached hydrogens (tertiary/aromatic N) is 5. The van der Waals surface area contributed by atoms with Gasteiger partial charge in [0.05, 0.1) is 24.3 Å². The highest BCUT2D eigenvalue weighted by molar-refractivity contribution is 5.90. The van der Waals surface area contributed by atoms with Crippen molar-refractivity contribution in [3.8, 4) is 11.8 Å². The monoisotopic (exact) mass is 440 g/mol. The summed E-state index contributed by atoms with van der Waals surface area (Å²) in [6.45, 7) is 7.79. The van der Waals surface area contributed by atoms with Gasteiger partial charge in [0.15, 0.2) is 5.75 Å². The molecular formula is C23H32N6O3. The molecule has 0 amide bonds. The molecule has 1 aliphatic heterocycles. The molecule has 2 unspecified atom stereocenters. The summed E-state index contributed by atoms with van der Waals surface area (Å²) in [7, 11) is 1.59. The van der Waals surface area contributed by atoms with E-state index >= 15 is 0 Å². The molecule has 4 rings (SSSR count). The first-order valence-corrected chi connectivity index (χ1v) is 11.4. The first kappa shape index (κ1) is 22.2. The van der Waals surface area contributed by atoms with Gasteiger partial charge in [-0.25, -0.2) is 4.79 Å². The molecule has 9 nitrogen and oxygen atoms in total. The van der Waals surface area contributed by atoms with E-state index in [2.05, 4.69) is 29.7 Å². The van der Waals surface area contributed by atoms with Gasteiger partial charge in [-0.15, -0.1) is 0 Å². The van der Waals surface area contributed by atoms with Crippen LogP contribution in [-0.2, 0) is 0 Å². The van der Waals surface area contributed by atoms with Crippen LogP contribution >= 0.6 is 0 Å². The van der Waals surface area contributed by atoms with Gasteiger partial charge in [-0.3, -0.25) is 14.3 Å². The maximum absolute atomic E-state index is 12.8. The fourth-order valence-corrected chi connectivity index (χ4v) is 5.06. The lowest BCUT2D eigenvalue weighted by molar-refractivity contribution is 0.173. The van der Waals surface area contributed by atoms with Gasteiger partial charge in [0.25, 0.3) is 5.56 Å². The highest BCUT2D eigenvalue weighted by atomic mass is 16.5. The summed E-state index contributed by atoms with van der Waals surface area (Å²) in [5.41, 5.74) is 0.447. The first-order valence-electron chi connectivity index (χ1n) is 11.4. The topological polar surface area (TPSA) is 110 Å². The quantitative estimate of drug-likeness (QED) is 0.622. The zero-order chi connectivity index (χ0) is 23.0. The van der Waals surface area contributed by atoms with Crippen LogP contribution in [0.4, 0.5) is 5.69 Å². The van der Waals surface area contributed by atoms with E-state index in [0.717, 1.165) is 51.1 Å². The third-order valence-corrected chi connectivity index (χ3v) is 7.07. The Hall–Kier alpha value is -2.99. The van der Waals surface area contributed by atoms with Gasteiger partial charge in [-0.2, -0.15) is 9.94 Å². The fraction of sp³-hybridized carbons (Fsp3) is 0.609. The molecule has 1 aromatic heterocycles. The fourth-order valence-electron chi connectivity index (χ4n) is 5.06. The lowest BCUT2D eigenvalue weighted by atomic mass is 9.99. The number of fused-ring (bicyclic) bond motifs is 1. The molecule has 0 spiro atoms. The Bertz CT molecular complexity index is 1160. The Balaban J connectivity index is 1.71. The van der Waals surface area contributed by atoms with Gasteiger partial charge in [-0.05, 0) is 50.8 Å². The maximum Gasteiger partial charge on any atom is 0.350 e.